The Morgan fingerprint density at radius 2 is 2.06 bits per heavy atom. The lowest BCUT2D eigenvalue weighted by Crippen LogP contribution is -2.11. The zero-order valence-electron chi connectivity index (χ0n) is 9.11. The molecule has 3 N–H and O–H groups in total. The Labute approximate surface area is 107 Å². The van der Waals surface area contributed by atoms with Gasteiger partial charge in [0.05, 0.1) is 4.92 Å². The molecule has 8 heteroatoms. The summed E-state index contributed by atoms with van der Waals surface area (Å²) < 4.78 is 0. The maximum Gasteiger partial charge on any atom is 0.320 e. The Morgan fingerprint density at radius 3 is 2.67 bits per heavy atom. The molecule has 7 nitrogen and oxygen atoms in total. The van der Waals surface area contributed by atoms with Crippen molar-refractivity contribution in [2.75, 3.05) is 5.43 Å². The van der Waals surface area contributed by atoms with Crippen molar-refractivity contribution in [3.05, 3.63) is 46.6 Å². The van der Waals surface area contributed by atoms with Gasteiger partial charge in [0.2, 0.25) is 5.95 Å². The van der Waals surface area contributed by atoms with E-state index in [4.69, 9.17) is 5.84 Å². The molecule has 0 radical (unpaired) electrons. The molecule has 0 aliphatic carbocycles. The van der Waals surface area contributed by atoms with E-state index >= 15 is 0 Å². The van der Waals surface area contributed by atoms with Gasteiger partial charge in [0.1, 0.15) is 6.20 Å². The van der Waals surface area contributed by atoms with Crippen LogP contribution in [0.5, 0.6) is 0 Å². The molecule has 18 heavy (non-hydrogen) atoms. The third-order valence-electron chi connectivity index (χ3n) is 2.02. The van der Waals surface area contributed by atoms with Crippen LogP contribution in [0.2, 0.25) is 0 Å². The quantitative estimate of drug-likeness (QED) is 0.375. The Balaban J connectivity index is 2.38. The smallest absolute Gasteiger partial charge is 0.292 e. The number of nitrogen functional groups attached to an aromatic ring is 1. The van der Waals surface area contributed by atoms with E-state index in [2.05, 4.69) is 15.4 Å². The summed E-state index contributed by atoms with van der Waals surface area (Å²) in [5, 5.41) is 11.1. The van der Waals surface area contributed by atoms with E-state index in [1.54, 1.807) is 0 Å². The van der Waals surface area contributed by atoms with Gasteiger partial charge in [-0.1, -0.05) is 30.0 Å². The minimum Gasteiger partial charge on any atom is -0.292 e. The molecule has 0 aliphatic heterocycles. The average Bonchev–Trinajstić information content (AvgIpc) is 2.39. The number of benzene rings is 1. The number of aromatic nitrogens is 2. The Morgan fingerprint density at radius 1 is 1.33 bits per heavy atom. The lowest BCUT2D eigenvalue weighted by atomic mass is 10.4. The second kappa shape index (κ2) is 5.43. The van der Waals surface area contributed by atoms with Crippen molar-refractivity contribution in [3.8, 4) is 0 Å². The molecule has 2 aromatic rings. The van der Waals surface area contributed by atoms with Crippen molar-refractivity contribution in [1.82, 2.24) is 9.97 Å². The topological polar surface area (TPSA) is 107 Å². The molecule has 0 saturated heterocycles. The van der Waals surface area contributed by atoms with E-state index in [1.807, 2.05) is 30.3 Å². The highest BCUT2D eigenvalue weighted by Crippen LogP contribution is 2.32. The zero-order chi connectivity index (χ0) is 13.0. The second-order valence-electron chi connectivity index (χ2n) is 3.20. The van der Waals surface area contributed by atoms with Crippen LogP contribution in [-0.4, -0.2) is 14.9 Å². The van der Waals surface area contributed by atoms with Crippen molar-refractivity contribution < 1.29 is 4.92 Å². The Kier molecular flexibility index (Phi) is 3.70. The fraction of sp³-hybridized carbons (Fsp3) is 0. The summed E-state index contributed by atoms with van der Waals surface area (Å²) in [4.78, 5) is 18.9. The summed E-state index contributed by atoms with van der Waals surface area (Å²) >= 11 is 1.18. The molecule has 0 unspecified atom stereocenters. The number of rotatable bonds is 4. The lowest BCUT2D eigenvalue weighted by Gasteiger charge is -2.03. The first-order valence-electron chi connectivity index (χ1n) is 4.91. The highest BCUT2D eigenvalue weighted by molar-refractivity contribution is 7.99. The Hall–Kier alpha value is -2.19. The molecule has 0 aliphatic rings. The van der Waals surface area contributed by atoms with Crippen LogP contribution in [0.3, 0.4) is 0 Å². The first kappa shape index (κ1) is 12.3. The SMILES string of the molecule is NNc1ncc([N+](=O)[O-])c(Sc2ccccc2)n1. The molecule has 0 saturated carbocycles. The van der Waals surface area contributed by atoms with Crippen molar-refractivity contribution in [2.45, 2.75) is 9.92 Å². The van der Waals surface area contributed by atoms with Gasteiger partial charge in [0, 0.05) is 4.90 Å². The van der Waals surface area contributed by atoms with Gasteiger partial charge in [0.15, 0.2) is 5.03 Å². The van der Waals surface area contributed by atoms with Gasteiger partial charge in [-0.25, -0.2) is 10.8 Å². The van der Waals surface area contributed by atoms with Gasteiger partial charge in [0.25, 0.3) is 0 Å². The van der Waals surface area contributed by atoms with Gasteiger partial charge < -0.3 is 0 Å². The molecular weight excluding hydrogens is 254 g/mol. The normalized spacial score (nSPS) is 10.1. The minimum atomic E-state index is -0.522. The third-order valence-corrected chi connectivity index (χ3v) is 3.02. The molecule has 0 bridgehead atoms. The summed E-state index contributed by atoms with van der Waals surface area (Å²) in [7, 11) is 0. The first-order valence-corrected chi connectivity index (χ1v) is 5.73. The van der Waals surface area contributed by atoms with Gasteiger partial charge in [-0.2, -0.15) is 4.98 Å². The minimum absolute atomic E-state index is 0.138. The number of nitrogens with zero attached hydrogens (tertiary/aromatic N) is 3. The summed E-state index contributed by atoms with van der Waals surface area (Å²) in [5.74, 6) is 5.32. The molecule has 1 aromatic heterocycles. The van der Waals surface area contributed by atoms with Gasteiger partial charge in [-0.05, 0) is 12.1 Å². The van der Waals surface area contributed by atoms with Crippen molar-refractivity contribution in [1.29, 1.82) is 0 Å². The van der Waals surface area contributed by atoms with E-state index in [-0.39, 0.29) is 16.7 Å². The second-order valence-corrected chi connectivity index (χ2v) is 4.26. The number of nitrogens with one attached hydrogen (secondary N) is 1. The molecule has 2 rings (SSSR count). The van der Waals surface area contributed by atoms with E-state index in [9.17, 15) is 10.1 Å². The number of hydrazine groups is 1. The van der Waals surface area contributed by atoms with Crippen LogP contribution in [0.15, 0.2) is 46.5 Å². The average molecular weight is 263 g/mol. The van der Waals surface area contributed by atoms with E-state index < -0.39 is 4.92 Å². The van der Waals surface area contributed by atoms with E-state index in [0.717, 1.165) is 11.1 Å². The molecule has 1 heterocycles. The number of nitro groups is 1. The predicted molar refractivity (Wildman–Crippen MR) is 67.1 cm³/mol. The molecule has 92 valence electrons. The summed E-state index contributed by atoms with van der Waals surface area (Å²) in [5.41, 5.74) is 2.11. The van der Waals surface area contributed by atoms with Crippen LogP contribution in [0, 0.1) is 10.1 Å². The van der Waals surface area contributed by atoms with Crippen LogP contribution in [0.25, 0.3) is 0 Å². The monoisotopic (exact) mass is 263 g/mol. The maximum atomic E-state index is 10.9. The predicted octanol–water partition coefficient (Wildman–Crippen LogP) is 1.82. The number of hydrogen-bond donors (Lipinski definition) is 2. The highest BCUT2D eigenvalue weighted by Gasteiger charge is 2.18. The lowest BCUT2D eigenvalue weighted by molar-refractivity contribution is -0.388. The fourth-order valence-electron chi connectivity index (χ4n) is 1.23. The molecule has 0 atom stereocenters. The summed E-state index contributed by atoms with van der Waals surface area (Å²) in [6.07, 6.45) is 1.13. The van der Waals surface area contributed by atoms with Crippen LogP contribution in [-0.2, 0) is 0 Å². The molecule has 1 aromatic carbocycles. The van der Waals surface area contributed by atoms with Crippen molar-refractivity contribution >= 4 is 23.4 Å². The van der Waals surface area contributed by atoms with Gasteiger partial charge in [-0.15, -0.1) is 0 Å². The van der Waals surface area contributed by atoms with Gasteiger partial charge in [-0.3, -0.25) is 15.5 Å². The zero-order valence-corrected chi connectivity index (χ0v) is 9.92. The molecular formula is C10H9N5O2S. The highest BCUT2D eigenvalue weighted by atomic mass is 32.2. The molecule has 0 fully saturated rings. The van der Waals surface area contributed by atoms with Crippen LogP contribution < -0.4 is 11.3 Å². The maximum absolute atomic E-state index is 10.9. The summed E-state index contributed by atoms with van der Waals surface area (Å²) in [6, 6.07) is 9.23. The number of anilines is 1. The van der Waals surface area contributed by atoms with Crippen molar-refractivity contribution in [2.24, 2.45) is 5.84 Å². The molecule has 0 amide bonds. The van der Waals surface area contributed by atoms with Crippen molar-refractivity contribution in [3.63, 3.8) is 0 Å². The van der Waals surface area contributed by atoms with Gasteiger partial charge >= 0.3 is 5.69 Å². The first-order chi connectivity index (χ1) is 8.70. The van der Waals surface area contributed by atoms with E-state index in [0.29, 0.717) is 0 Å². The van der Waals surface area contributed by atoms with Crippen LogP contribution in [0.1, 0.15) is 0 Å². The Bertz CT molecular complexity index is 563. The number of hydrogen-bond acceptors (Lipinski definition) is 7. The standard InChI is InChI=1S/C10H9N5O2S/c11-14-10-12-6-8(15(16)17)9(13-10)18-7-4-2-1-3-5-7/h1-6H,11H2,(H,12,13,14). The van der Waals surface area contributed by atoms with Crippen LogP contribution in [0.4, 0.5) is 11.6 Å². The van der Waals surface area contributed by atoms with E-state index in [1.165, 1.54) is 11.8 Å². The number of nitrogens with two attached hydrogens (primary N) is 1. The largest absolute Gasteiger partial charge is 0.320 e. The molecule has 0 spiro atoms. The third kappa shape index (κ3) is 2.73. The van der Waals surface area contributed by atoms with Crippen LogP contribution >= 0.6 is 11.8 Å². The summed E-state index contributed by atoms with van der Waals surface area (Å²) in [6.45, 7) is 0. The fourth-order valence-corrected chi connectivity index (χ4v) is 2.11.